The van der Waals surface area contributed by atoms with E-state index in [1.807, 2.05) is 0 Å². The van der Waals surface area contributed by atoms with Gasteiger partial charge in [-0.2, -0.15) is 0 Å². The second kappa shape index (κ2) is 5.04. The van der Waals surface area contributed by atoms with E-state index in [2.05, 4.69) is 0 Å². The van der Waals surface area contributed by atoms with Crippen LogP contribution in [0.5, 0.6) is 0 Å². The minimum Gasteiger partial charge on any atom is -0.497 e. The first-order valence-electron chi connectivity index (χ1n) is 6.40. The van der Waals surface area contributed by atoms with Crippen molar-refractivity contribution in [1.82, 2.24) is 4.90 Å². The topological polar surface area (TPSA) is 55.8 Å². The predicted molar refractivity (Wildman–Crippen MR) is 65.5 cm³/mol. The standard InChI is InChI=1S/C14H10F3NO4/c1-6-10-4-21-5-11(18(10)13(19)14(20)22-6)7-2-8(15)12(17)9(16)3-7/h2-4,6,11H,5H2,1H3/t6?,11-/m0/s1. The average Bonchev–Trinajstić information content (AvgIpc) is 2.49. The summed E-state index contributed by atoms with van der Waals surface area (Å²) in [7, 11) is 0. The molecule has 0 N–H and O–H groups in total. The van der Waals surface area contributed by atoms with E-state index in [4.69, 9.17) is 9.47 Å². The fraction of sp³-hybridized carbons (Fsp3) is 0.286. The number of hydrogen-bond acceptors (Lipinski definition) is 4. The number of cyclic esters (lactones) is 1. The summed E-state index contributed by atoms with van der Waals surface area (Å²) in [6, 6.07) is 0.591. The molecule has 2 atom stereocenters. The van der Waals surface area contributed by atoms with Gasteiger partial charge in [-0.3, -0.25) is 9.69 Å². The van der Waals surface area contributed by atoms with E-state index in [-0.39, 0.29) is 17.9 Å². The molecule has 1 aromatic carbocycles. The van der Waals surface area contributed by atoms with Gasteiger partial charge in [0.05, 0.1) is 11.7 Å². The summed E-state index contributed by atoms with van der Waals surface area (Å²) < 4.78 is 49.9. The van der Waals surface area contributed by atoms with Crippen molar-refractivity contribution < 1.29 is 32.2 Å². The lowest BCUT2D eigenvalue weighted by Crippen LogP contribution is -2.51. The number of esters is 1. The molecular weight excluding hydrogens is 303 g/mol. The molecule has 5 nitrogen and oxygen atoms in total. The first kappa shape index (κ1) is 14.4. The SMILES string of the molecule is CC1OC(=O)C(=O)N2C1=COC[C@H]2c1cc(F)c(F)c(F)c1. The molecule has 2 aliphatic rings. The van der Waals surface area contributed by atoms with Crippen molar-refractivity contribution in [3.05, 3.63) is 47.1 Å². The molecule has 1 aromatic rings. The molecule has 22 heavy (non-hydrogen) atoms. The zero-order valence-corrected chi connectivity index (χ0v) is 11.3. The second-order valence-electron chi connectivity index (χ2n) is 4.91. The maximum Gasteiger partial charge on any atom is 0.398 e. The highest BCUT2D eigenvalue weighted by Crippen LogP contribution is 2.35. The van der Waals surface area contributed by atoms with Gasteiger partial charge in [0, 0.05) is 0 Å². The number of hydrogen-bond donors (Lipinski definition) is 0. The smallest absolute Gasteiger partial charge is 0.398 e. The van der Waals surface area contributed by atoms with E-state index in [1.165, 1.54) is 13.2 Å². The third kappa shape index (κ3) is 2.11. The van der Waals surface area contributed by atoms with Crippen molar-refractivity contribution in [1.29, 1.82) is 0 Å². The van der Waals surface area contributed by atoms with Gasteiger partial charge in [0.15, 0.2) is 17.5 Å². The molecular formula is C14H10F3NO4. The number of carbonyl (C=O) groups is 2. The molecule has 0 bridgehead atoms. The Labute approximate surface area is 122 Å². The summed E-state index contributed by atoms with van der Waals surface area (Å²) in [6.07, 6.45) is 0.505. The van der Waals surface area contributed by atoms with Crippen LogP contribution >= 0.6 is 0 Å². The van der Waals surface area contributed by atoms with Gasteiger partial charge in [-0.05, 0) is 24.6 Å². The lowest BCUT2D eigenvalue weighted by atomic mass is 10.0. The van der Waals surface area contributed by atoms with Gasteiger partial charge in [-0.25, -0.2) is 18.0 Å². The van der Waals surface area contributed by atoms with Gasteiger partial charge in [-0.15, -0.1) is 0 Å². The Balaban J connectivity index is 2.06. The minimum atomic E-state index is -1.60. The summed E-state index contributed by atoms with van der Waals surface area (Å²) in [4.78, 5) is 24.6. The van der Waals surface area contributed by atoms with Gasteiger partial charge in [-0.1, -0.05) is 0 Å². The number of rotatable bonds is 1. The van der Waals surface area contributed by atoms with Crippen molar-refractivity contribution in [2.45, 2.75) is 19.1 Å². The van der Waals surface area contributed by atoms with Crippen LogP contribution in [0.3, 0.4) is 0 Å². The summed E-state index contributed by atoms with van der Waals surface area (Å²) in [6.45, 7) is 1.40. The molecule has 116 valence electrons. The monoisotopic (exact) mass is 313 g/mol. The van der Waals surface area contributed by atoms with Crippen molar-refractivity contribution in [2.24, 2.45) is 0 Å². The second-order valence-corrected chi connectivity index (χ2v) is 4.91. The van der Waals surface area contributed by atoms with Crippen LogP contribution < -0.4 is 0 Å². The van der Waals surface area contributed by atoms with Crippen LogP contribution in [0, 0.1) is 17.5 Å². The number of halogens is 3. The van der Waals surface area contributed by atoms with Crippen molar-refractivity contribution in [3.63, 3.8) is 0 Å². The normalized spacial score (nSPS) is 24.4. The molecule has 1 amide bonds. The zero-order valence-electron chi connectivity index (χ0n) is 11.3. The number of benzene rings is 1. The maximum absolute atomic E-state index is 13.4. The zero-order chi connectivity index (χ0) is 16.0. The molecule has 8 heteroatoms. The van der Waals surface area contributed by atoms with Crippen LogP contribution in [0.4, 0.5) is 13.2 Å². The molecule has 2 aliphatic heterocycles. The first-order chi connectivity index (χ1) is 10.4. The van der Waals surface area contributed by atoms with Crippen LogP contribution in [0.1, 0.15) is 18.5 Å². The highest BCUT2D eigenvalue weighted by Gasteiger charge is 2.43. The Bertz CT molecular complexity index is 680. The van der Waals surface area contributed by atoms with Crippen LogP contribution in [-0.4, -0.2) is 29.5 Å². The van der Waals surface area contributed by atoms with Gasteiger partial charge in [0.1, 0.15) is 19.0 Å². The van der Waals surface area contributed by atoms with E-state index in [1.54, 1.807) is 0 Å². The molecule has 3 rings (SSSR count). The van der Waals surface area contributed by atoms with Crippen LogP contribution in [0.25, 0.3) is 0 Å². The van der Waals surface area contributed by atoms with Crippen LogP contribution in [0.15, 0.2) is 24.1 Å². The molecule has 0 aromatic heterocycles. The van der Waals surface area contributed by atoms with Gasteiger partial charge < -0.3 is 9.47 Å². The number of nitrogens with zero attached hydrogens (tertiary/aromatic N) is 1. The van der Waals surface area contributed by atoms with Crippen molar-refractivity contribution >= 4 is 11.9 Å². The number of ether oxygens (including phenoxy) is 2. The van der Waals surface area contributed by atoms with Gasteiger partial charge >= 0.3 is 11.9 Å². The number of fused-ring (bicyclic) bond motifs is 1. The van der Waals surface area contributed by atoms with Gasteiger partial charge in [0.25, 0.3) is 0 Å². The fourth-order valence-electron chi connectivity index (χ4n) is 2.47. The van der Waals surface area contributed by atoms with E-state index >= 15 is 0 Å². The summed E-state index contributed by atoms with van der Waals surface area (Å²) in [5.41, 5.74) is 0.239. The van der Waals surface area contributed by atoms with Gasteiger partial charge in [0.2, 0.25) is 0 Å². The van der Waals surface area contributed by atoms with E-state index in [0.717, 1.165) is 17.0 Å². The van der Waals surface area contributed by atoms with Crippen LogP contribution in [-0.2, 0) is 19.1 Å². The molecule has 0 spiro atoms. The third-order valence-corrected chi connectivity index (χ3v) is 3.53. The molecule has 1 saturated heterocycles. The highest BCUT2D eigenvalue weighted by molar-refractivity contribution is 6.33. The Kier molecular flexibility index (Phi) is 3.31. The van der Waals surface area contributed by atoms with E-state index < -0.39 is 41.5 Å². The predicted octanol–water partition coefficient (Wildman–Crippen LogP) is 1.79. The first-order valence-corrected chi connectivity index (χ1v) is 6.40. The Morgan fingerprint density at radius 2 is 1.82 bits per heavy atom. The lowest BCUT2D eigenvalue weighted by Gasteiger charge is -2.40. The summed E-state index contributed by atoms with van der Waals surface area (Å²) in [5.74, 6) is -6.41. The molecule has 1 fully saturated rings. The Morgan fingerprint density at radius 3 is 2.45 bits per heavy atom. The number of carbonyl (C=O) groups excluding carboxylic acids is 2. The maximum atomic E-state index is 13.4. The Hall–Kier alpha value is -2.51. The van der Waals surface area contributed by atoms with Crippen molar-refractivity contribution in [3.8, 4) is 0 Å². The van der Waals surface area contributed by atoms with E-state index in [0.29, 0.717) is 0 Å². The molecule has 2 heterocycles. The Morgan fingerprint density at radius 1 is 1.18 bits per heavy atom. The lowest BCUT2D eigenvalue weighted by molar-refractivity contribution is -0.171. The largest absolute Gasteiger partial charge is 0.497 e. The number of amides is 1. The summed E-state index contributed by atoms with van der Waals surface area (Å²) >= 11 is 0. The molecule has 1 unspecified atom stereocenters. The molecule has 0 saturated carbocycles. The highest BCUT2D eigenvalue weighted by atomic mass is 19.2. The quantitative estimate of drug-likeness (QED) is 0.451. The fourth-order valence-corrected chi connectivity index (χ4v) is 2.47. The van der Waals surface area contributed by atoms with Crippen molar-refractivity contribution in [2.75, 3.05) is 6.61 Å². The third-order valence-electron chi connectivity index (χ3n) is 3.53. The summed E-state index contributed by atoms with van der Waals surface area (Å²) in [5, 5.41) is 0. The molecule has 0 aliphatic carbocycles. The molecule has 0 radical (unpaired) electrons. The van der Waals surface area contributed by atoms with E-state index in [9.17, 15) is 22.8 Å². The average molecular weight is 313 g/mol. The number of morpholine rings is 1. The minimum absolute atomic E-state index is 0.0164. The van der Waals surface area contributed by atoms with Crippen LogP contribution in [0.2, 0.25) is 0 Å².